The standard InChI is InChI=1S/C29H38ClN3O4/c1-7-9-10-17-33(24(34)19-31-28(36)37-29(4,5)6)26(22-15-12-14-21(8-2)18-22)27(35)32-25-20(3)13-11-16-23(25)30/h8,11-16,18,26H,2,7,9-10,17,19H2,1,3-6H3,(H,31,36)(H,32,35). The molecule has 7 nitrogen and oxygen atoms in total. The van der Waals surface area contributed by atoms with E-state index in [1.807, 2.05) is 31.2 Å². The molecule has 0 spiro atoms. The number of nitrogens with one attached hydrogen (secondary N) is 2. The van der Waals surface area contributed by atoms with Gasteiger partial charge in [-0.05, 0) is 62.9 Å². The second kappa shape index (κ2) is 13.8. The summed E-state index contributed by atoms with van der Waals surface area (Å²) >= 11 is 6.38. The minimum Gasteiger partial charge on any atom is -0.444 e. The molecule has 2 aromatic carbocycles. The van der Waals surface area contributed by atoms with E-state index >= 15 is 0 Å². The molecule has 0 heterocycles. The maximum absolute atomic E-state index is 13.8. The van der Waals surface area contributed by atoms with Gasteiger partial charge in [0.1, 0.15) is 18.2 Å². The van der Waals surface area contributed by atoms with Crippen LogP contribution in [0.25, 0.3) is 6.08 Å². The third kappa shape index (κ3) is 9.25. The zero-order valence-corrected chi connectivity index (χ0v) is 23.2. The first-order valence-corrected chi connectivity index (χ1v) is 12.9. The first-order chi connectivity index (χ1) is 17.5. The van der Waals surface area contributed by atoms with Gasteiger partial charge in [0.15, 0.2) is 0 Å². The third-order valence-corrected chi connectivity index (χ3v) is 5.91. The van der Waals surface area contributed by atoms with Crippen molar-refractivity contribution in [1.82, 2.24) is 10.2 Å². The highest BCUT2D eigenvalue weighted by Gasteiger charge is 2.32. The van der Waals surface area contributed by atoms with E-state index in [0.717, 1.165) is 24.0 Å². The summed E-state index contributed by atoms with van der Waals surface area (Å²) in [7, 11) is 0. The van der Waals surface area contributed by atoms with E-state index in [0.29, 0.717) is 29.2 Å². The zero-order chi connectivity index (χ0) is 27.6. The molecule has 0 aliphatic rings. The molecule has 0 fully saturated rings. The Balaban J connectivity index is 2.45. The summed E-state index contributed by atoms with van der Waals surface area (Å²) in [5, 5.41) is 5.86. The van der Waals surface area contributed by atoms with Crippen LogP contribution in [0.15, 0.2) is 49.0 Å². The lowest BCUT2D eigenvalue weighted by molar-refractivity contribution is -0.138. The average Bonchev–Trinajstić information content (AvgIpc) is 2.83. The highest BCUT2D eigenvalue weighted by Crippen LogP contribution is 2.29. The molecule has 2 aromatic rings. The highest BCUT2D eigenvalue weighted by molar-refractivity contribution is 6.34. The van der Waals surface area contributed by atoms with Gasteiger partial charge < -0.3 is 20.3 Å². The van der Waals surface area contributed by atoms with Crippen LogP contribution in [0.4, 0.5) is 10.5 Å². The first-order valence-electron chi connectivity index (χ1n) is 12.5. The summed E-state index contributed by atoms with van der Waals surface area (Å²) in [5.74, 6) is -0.804. The van der Waals surface area contributed by atoms with E-state index < -0.39 is 29.6 Å². The van der Waals surface area contributed by atoms with Gasteiger partial charge in [-0.3, -0.25) is 9.59 Å². The lowest BCUT2D eigenvalue weighted by Crippen LogP contribution is -2.47. The van der Waals surface area contributed by atoms with E-state index in [1.165, 1.54) is 4.90 Å². The molecule has 2 rings (SSSR count). The normalized spacial score (nSPS) is 11.8. The Hall–Kier alpha value is -3.32. The number of anilines is 1. The maximum Gasteiger partial charge on any atom is 0.408 e. The van der Waals surface area contributed by atoms with Crippen LogP contribution in [0.1, 0.15) is 69.7 Å². The van der Waals surface area contributed by atoms with Crippen LogP contribution in [0, 0.1) is 6.92 Å². The zero-order valence-electron chi connectivity index (χ0n) is 22.4. The summed E-state index contributed by atoms with van der Waals surface area (Å²) < 4.78 is 5.27. The Morgan fingerprint density at radius 1 is 1.14 bits per heavy atom. The summed E-state index contributed by atoms with van der Waals surface area (Å²) in [6, 6.07) is 11.7. The van der Waals surface area contributed by atoms with Crippen molar-refractivity contribution in [2.45, 2.75) is 65.5 Å². The van der Waals surface area contributed by atoms with Gasteiger partial charge in [0.2, 0.25) is 5.91 Å². The van der Waals surface area contributed by atoms with E-state index in [9.17, 15) is 14.4 Å². The van der Waals surface area contributed by atoms with Gasteiger partial charge in [0.25, 0.3) is 5.91 Å². The van der Waals surface area contributed by atoms with Crippen LogP contribution in [0.3, 0.4) is 0 Å². The number of unbranched alkanes of at least 4 members (excludes halogenated alkanes) is 2. The van der Waals surface area contributed by atoms with Crippen molar-refractivity contribution in [3.05, 3.63) is 70.8 Å². The number of rotatable bonds is 11. The van der Waals surface area contributed by atoms with Crippen molar-refractivity contribution in [1.29, 1.82) is 0 Å². The van der Waals surface area contributed by atoms with Crippen molar-refractivity contribution in [3.63, 3.8) is 0 Å². The van der Waals surface area contributed by atoms with Gasteiger partial charge in [0, 0.05) is 6.54 Å². The molecule has 0 aliphatic heterocycles. The van der Waals surface area contributed by atoms with Crippen LogP contribution in [0.5, 0.6) is 0 Å². The molecule has 0 radical (unpaired) electrons. The predicted octanol–water partition coefficient (Wildman–Crippen LogP) is 6.51. The molecule has 0 saturated carbocycles. The van der Waals surface area contributed by atoms with Gasteiger partial charge >= 0.3 is 6.09 Å². The van der Waals surface area contributed by atoms with E-state index in [1.54, 1.807) is 45.0 Å². The average molecular weight is 528 g/mol. The van der Waals surface area contributed by atoms with E-state index in [2.05, 4.69) is 24.1 Å². The van der Waals surface area contributed by atoms with Crippen LogP contribution in [-0.4, -0.2) is 41.5 Å². The van der Waals surface area contributed by atoms with Crippen LogP contribution < -0.4 is 10.6 Å². The molecule has 0 aliphatic carbocycles. The third-order valence-electron chi connectivity index (χ3n) is 5.60. The van der Waals surface area contributed by atoms with Gasteiger partial charge in [-0.15, -0.1) is 0 Å². The summed E-state index contributed by atoms with van der Waals surface area (Å²) in [6.07, 6.45) is 3.51. The Labute approximate surface area is 225 Å². The molecular weight excluding hydrogens is 490 g/mol. The van der Waals surface area contributed by atoms with Gasteiger partial charge in [-0.25, -0.2) is 4.79 Å². The number of hydrogen-bond acceptors (Lipinski definition) is 4. The van der Waals surface area contributed by atoms with E-state index in [4.69, 9.17) is 16.3 Å². The number of carbonyl (C=O) groups is 3. The lowest BCUT2D eigenvalue weighted by Gasteiger charge is -2.32. The molecule has 0 bridgehead atoms. The summed E-state index contributed by atoms with van der Waals surface area (Å²) in [6.45, 7) is 13.0. The molecule has 2 N–H and O–H groups in total. The predicted molar refractivity (Wildman–Crippen MR) is 150 cm³/mol. The van der Waals surface area contributed by atoms with Gasteiger partial charge in [0.05, 0.1) is 10.7 Å². The molecule has 0 saturated heterocycles. The first kappa shape index (κ1) is 29.9. The molecule has 1 unspecified atom stereocenters. The van der Waals surface area contributed by atoms with Crippen molar-refractivity contribution < 1.29 is 19.1 Å². The smallest absolute Gasteiger partial charge is 0.408 e. The number of para-hydroxylation sites is 1. The molecule has 37 heavy (non-hydrogen) atoms. The fourth-order valence-electron chi connectivity index (χ4n) is 3.80. The summed E-state index contributed by atoms with van der Waals surface area (Å²) in [4.78, 5) is 41.0. The number of alkyl carbamates (subject to hydrolysis) is 1. The Morgan fingerprint density at radius 3 is 2.46 bits per heavy atom. The number of halogens is 1. The fraction of sp³-hybridized carbons (Fsp3) is 0.414. The monoisotopic (exact) mass is 527 g/mol. The molecular formula is C29H38ClN3O4. The lowest BCUT2D eigenvalue weighted by atomic mass is 10.00. The quantitative estimate of drug-likeness (QED) is 0.326. The fourth-order valence-corrected chi connectivity index (χ4v) is 4.07. The number of nitrogens with zero attached hydrogens (tertiary/aromatic N) is 1. The number of ether oxygens (including phenoxy) is 1. The Kier molecular flexibility index (Phi) is 11.2. The highest BCUT2D eigenvalue weighted by atomic mass is 35.5. The second-order valence-corrected chi connectivity index (χ2v) is 10.3. The summed E-state index contributed by atoms with van der Waals surface area (Å²) in [5.41, 5.74) is 2.04. The minimum atomic E-state index is -0.958. The second-order valence-electron chi connectivity index (χ2n) is 9.85. The Morgan fingerprint density at radius 2 is 1.84 bits per heavy atom. The van der Waals surface area contributed by atoms with Gasteiger partial charge in [-0.2, -0.15) is 0 Å². The largest absolute Gasteiger partial charge is 0.444 e. The van der Waals surface area contributed by atoms with Crippen molar-refractivity contribution >= 4 is 41.3 Å². The topological polar surface area (TPSA) is 87.7 Å². The molecule has 3 amide bonds. The van der Waals surface area contributed by atoms with Crippen LogP contribution >= 0.6 is 11.6 Å². The van der Waals surface area contributed by atoms with Gasteiger partial charge in [-0.1, -0.05) is 74.4 Å². The number of carbonyl (C=O) groups excluding carboxylic acids is 3. The minimum absolute atomic E-state index is 0.308. The number of amides is 3. The molecule has 1 atom stereocenters. The number of benzene rings is 2. The van der Waals surface area contributed by atoms with Crippen molar-refractivity contribution in [2.24, 2.45) is 0 Å². The van der Waals surface area contributed by atoms with Crippen molar-refractivity contribution in [2.75, 3.05) is 18.4 Å². The molecule has 0 aromatic heterocycles. The Bertz CT molecular complexity index is 1090. The maximum atomic E-state index is 13.8. The van der Waals surface area contributed by atoms with Crippen LogP contribution in [-0.2, 0) is 14.3 Å². The van der Waals surface area contributed by atoms with Crippen LogP contribution in [0.2, 0.25) is 5.02 Å². The number of aryl methyl sites for hydroxylation is 1. The molecule has 200 valence electrons. The SMILES string of the molecule is C=Cc1cccc(C(C(=O)Nc2c(C)cccc2Cl)N(CCCCC)C(=O)CNC(=O)OC(C)(C)C)c1. The van der Waals surface area contributed by atoms with Crippen molar-refractivity contribution in [3.8, 4) is 0 Å². The number of hydrogen-bond donors (Lipinski definition) is 2. The molecule has 8 heteroatoms. The van der Waals surface area contributed by atoms with E-state index in [-0.39, 0.29) is 6.54 Å².